The zero-order valence-corrected chi connectivity index (χ0v) is 13.4. The van der Waals surface area contributed by atoms with Crippen LogP contribution in [0.2, 0.25) is 0 Å². The molecule has 0 aliphatic carbocycles. The molecule has 0 bridgehead atoms. The van der Waals surface area contributed by atoms with E-state index in [0.717, 1.165) is 13.0 Å². The Morgan fingerprint density at radius 2 is 1.81 bits per heavy atom. The van der Waals surface area contributed by atoms with Crippen molar-refractivity contribution in [3.05, 3.63) is 69.9 Å². The van der Waals surface area contributed by atoms with Crippen LogP contribution in [0.1, 0.15) is 28.3 Å². The van der Waals surface area contributed by atoms with E-state index in [2.05, 4.69) is 66.2 Å². The Morgan fingerprint density at radius 1 is 1.00 bits per heavy atom. The molecule has 1 heterocycles. The van der Waals surface area contributed by atoms with E-state index in [1.54, 1.807) is 0 Å². The topological polar surface area (TPSA) is 12.0 Å². The summed E-state index contributed by atoms with van der Waals surface area (Å²) in [7, 11) is 2.03. The summed E-state index contributed by atoms with van der Waals surface area (Å²) in [5.41, 5.74) is 2.81. The van der Waals surface area contributed by atoms with Gasteiger partial charge in [-0.2, -0.15) is 0 Å². The number of hydrogen-bond donors (Lipinski definition) is 1. The zero-order valence-electron chi connectivity index (χ0n) is 12.6. The molecule has 0 radical (unpaired) electrons. The number of rotatable bonds is 5. The van der Waals surface area contributed by atoms with E-state index < -0.39 is 0 Å². The minimum absolute atomic E-state index is 0.475. The van der Waals surface area contributed by atoms with Gasteiger partial charge in [-0.1, -0.05) is 42.5 Å². The van der Waals surface area contributed by atoms with Gasteiger partial charge < -0.3 is 5.32 Å². The van der Waals surface area contributed by atoms with Gasteiger partial charge in [-0.15, -0.1) is 11.3 Å². The fraction of sp³-hybridized carbons (Fsp3) is 0.263. The van der Waals surface area contributed by atoms with E-state index in [0.29, 0.717) is 5.92 Å². The summed E-state index contributed by atoms with van der Waals surface area (Å²) in [4.78, 5) is 1.46. The summed E-state index contributed by atoms with van der Waals surface area (Å²) in [5.74, 6) is 0.475. The monoisotopic (exact) mass is 295 g/mol. The van der Waals surface area contributed by atoms with Crippen molar-refractivity contribution in [1.82, 2.24) is 5.32 Å². The van der Waals surface area contributed by atoms with Crippen molar-refractivity contribution in [3.8, 4) is 0 Å². The first-order chi connectivity index (χ1) is 10.3. The second-order valence-corrected chi connectivity index (χ2v) is 6.46. The molecule has 1 nitrogen and oxygen atoms in total. The van der Waals surface area contributed by atoms with Gasteiger partial charge in [0, 0.05) is 10.8 Å². The Hall–Kier alpha value is -1.64. The van der Waals surface area contributed by atoms with Crippen molar-refractivity contribution >= 4 is 22.1 Å². The Bertz CT molecular complexity index is 716. The summed E-state index contributed by atoms with van der Waals surface area (Å²) in [5, 5.41) is 8.24. The zero-order chi connectivity index (χ0) is 14.7. The highest BCUT2D eigenvalue weighted by Crippen LogP contribution is 2.36. The maximum absolute atomic E-state index is 3.29. The van der Waals surface area contributed by atoms with Crippen LogP contribution in [0.4, 0.5) is 0 Å². The first-order valence-corrected chi connectivity index (χ1v) is 8.35. The van der Waals surface area contributed by atoms with E-state index in [1.807, 2.05) is 18.4 Å². The highest BCUT2D eigenvalue weighted by atomic mass is 32.1. The maximum atomic E-state index is 3.29. The number of aryl methyl sites for hydroxylation is 1. The van der Waals surface area contributed by atoms with Crippen LogP contribution in [-0.2, 0) is 0 Å². The van der Waals surface area contributed by atoms with Gasteiger partial charge in [0.1, 0.15) is 0 Å². The van der Waals surface area contributed by atoms with Gasteiger partial charge in [0.2, 0.25) is 0 Å². The van der Waals surface area contributed by atoms with Crippen LogP contribution in [0.3, 0.4) is 0 Å². The predicted octanol–water partition coefficient (Wildman–Crippen LogP) is 4.95. The molecular formula is C19H21NS. The molecule has 108 valence electrons. The van der Waals surface area contributed by atoms with Crippen LogP contribution in [0.25, 0.3) is 10.8 Å². The third-order valence-electron chi connectivity index (χ3n) is 4.12. The molecule has 1 N–H and O–H groups in total. The van der Waals surface area contributed by atoms with Crippen molar-refractivity contribution in [2.75, 3.05) is 13.6 Å². The molecule has 1 aromatic heterocycles. The number of hydrogen-bond acceptors (Lipinski definition) is 2. The molecule has 3 rings (SSSR count). The fourth-order valence-corrected chi connectivity index (χ4v) is 3.89. The summed E-state index contributed by atoms with van der Waals surface area (Å²) in [6, 6.07) is 17.8. The van der Waals surface area contributed by atoms with Gasteiger partial charge in [0.15, 0.2) is 0 Å². The summed E-state index contributed by atoms with van der Waals surface area (Å²) in [6.07, 6.45) is 1.13. The molecule has 0 aliphatic rings. The van der Waals surface area contributed by atoms with Crippen molar-refractivity contribution in [2.45, 2.75) is 19.3 Å². The highest BCUT2D eigenvalue weighted by molar-refractivity contribution is 7.10. The molecule has 3 aromatic rings. The minimum atomic E-state index is 0.475. The minimum Gasteiger partial charge on any atom is -0.320 e. The highest BCUT2D eigenvalue weighted by Gasteiger charge is 2.17. The lowest BCUT2D eigenvalue weighted by molar-refractivity contribution is 0.671. The Balaban J connectivity index is 2.13. The van der Waals surface area contributed by atoms with Gasteiger partial charge in [-0.25, -0.2) is 0 Å². The number of benzene rings is 2. The van der Waals surface area contributed by atoms with Gasteiger partial charge >= 0.3 is 0 Å². The number of thiophene rings is 1. The van der Waals surface area contributed by atoms with Crippen molar-refractivity contribution in [3.63, 3.8) is 0 Å². The van der Waals surface area contributed by atoms with Crippen LogP contribution in [0, 0.1) is 6.92 Å². The molecule has 0 spiro atoms. The first-order valence-electron chi connectivity index (χ1n) is 7.47. The van der Waals surface area contributed by atoms with Gasteiger partial charge in [0.25, 0.3) is 0 Å². The van der Waals surface area contributed by atoms with Crippen LogP contribution in [-0.4, -0.2) is 13.6 Å². The Morgan fingerprint density at radius 3 is 2.52 bits per heavy atom. The van der Waals surface area contributed by atoms with E-state index in [4.69, 9.17) is 0 Å². The van der Waals surface area contributed by atoms with Crippen molar-refractivity contribution in [2.24, 2.45) is 0 Å². The smallest absolute Gasteiger partial charge is 0.0202 e. The second kappa shape index (κ2) is 6.42. The molecule has 0 amide bonds. The van der Waals surface area contributed by atoms with Crippen LogP contribution in [0.15, 0.2) is 53.9 Å². The first kappa shape index (κ1) is 14.3. The van der Waals surface area contributed by atoms with Crippen LogP contribution >= 0.6 is 11.3 Å². The molecule has 2 heteroatoms. The second-order valence-electron chi connectivity index (χ2n) is 5.48. The van der Waals surface area contributed by atoms with E-state index in [-0.39, 0.29) is 0 Å². The molecule has 1 atom stereocenters. The molecule has 0 fully saturated rings. The number of nitrogens with one attached hydrogen (secondary N) is 1. The molecule has 0 saturated heterocycles. The predicted molar refractivity (Wildman–Crippen MR) is 93.4 cm³/mol. The summed E-state index contributed by atoms with van der Waals surface area (Å²) in [6.45, 7) is 3.23. The largest absolute Gasteiger partial charge is 0.320 e. The third kappa shape index (κ3) is 2.87. The average molecular weight is 295 g/mol. The Kier molecular flexibility index (Phi) is 4.37. The normalized spacial score (nSPS) is 12.7. The lowest BCUT2D eigenvalue weighted by atomic mass is 9.88. The van der Waals surface area contributed by atoms with Crippen molar-refractivity contribution in [1.29, 1.82) is 0 Å². The van der Waals surface area contributed by atoms with E-state index >= 15 is 0 Å². The van der Waals surface area contributed by atoms with Crippen LogP contribution < -0.4 is 5.32 Å². The molecule has 0 saturated carbocycles. The lowest BCUT2D eigenvalue weighted by Crippen LogP contribution is -2.12. The molecule has 2 aromatic carbocycles. The maximum Gasteiger partial charge on any atom is 0.0202 e. The van der Waals surface area contributed by atoms with Gasteiger partial charge in [-0.05, 0) is 60.3 Å². The quantitative estimate of drug-likeness (QED) is 0.702. The molecular weight excluding hydrogens is 274 g/mol. The number of fused-ring (bicyclic) bond motifs is 1. The molecule has 0 aliphatic heterocycles. The third-order valence-corrected chi connectivity index (χ3v) is 5.11. The SMILES string of the molecule is CNCCC(c1cccs1)c1ccc(C)c2ccccc12. The van der Waals surface area contributed by atoms with Crippen LogP contribution in [0.5, 0.6) is 0 Å². The summed E-state index contributed by atoms with van der Waals surface area (Å²) < 4.78 is 0. The fourth-order valence-electron chi connectivity index (χ4n) is 3.01. The molecule has 21 heavy (non-hydrogen) atoms. The molecule has 1 unspecified atom stereocenters. The standard InChI is InChI=1S/C19H21NS/c1-14-9-10-17(16-7-4-3-6-15(14)16)18(11-12-20-2)19-8-5-13-21-19/h3-10,13,18,20H,11-12H2,1-2H3. The average Bonchev–Trinajstić information content (AvgIpc) is 3.04. The van der Waals surface area contributed by atoms with E-state index in [9.17, 15) is 0 Å². The summed E-state index contributed by atoms with van der Waals surface area (Å²) >= 11 is 1.86. The Labute approximate surface area is 130 Å². The van der Waals surface area contributed by atoms with E-state index in [1.165, 1.54) is 26.8 Å². The van der Waals surface area contributed by atoms with Crippen molar-refractivity contribution < 1.29 is 0 Å². The lowest BCUT2D eigenvalue weighted by Gasteiger charge is -2.19. The van der Waals surface area contributed by atoms with Gasteiger partial charge in [0.05, 0.1) is 0 Å². The van der Waals surface area contributed by atoms with Gasteiger partial charge in [-0.3, -0.25) is 0 Å².